The van der Waals surface area contributed by atoms with Crippen LogP contribution in [0.5, 0.6) is 0 Å². The molecule has 0 fully saturated rings. The molecule has 4 heterocycles. The van der Waals surface area contributed by atoms with E-state index >= 15 is 0 Å². The van der Waals surface area contributed by atoms with Crippen molar-refractivity contribution in [3.63, 3.8) is 0 Å². The van der Waals surface area contributed by atoms with E-state index in [0.717, 1.165) is 55.8 Å². The van der Waals surface area contributed by atoms with Gasteiger partial charge >= 0.3 is 0 Å². The van der Waals surface area contributed by atoms with Crippen molar-refractivity contribution in [1.29, 1.82) is 0 Å². The zero-order valence-corrected chi connectivity index (χ0v) is 29.2. The third-order valence-electron chi connectivity index (χ3n) is 10.2. The van der Waals surface area contributed by atoms with Crippen LogP contribution in [0.25, 0.3) is 104 Å². The van der Waals surface area contributed by atoms with Crippen molar-refractivity contribution >= 4 is 64.5 Å². The molecular weight excluding hydrogens is 667 g/mol. The van der Waals surface area contributed by atoms with Crippen molar-refractivity contribution in [3.05, 3.63) is 176 Å². The number of fused-ring (bicyclic) bond motifs is 7. The average molecular weight is 696 g/mol. The number of nitrogens with zero attached hydrogens (tertiary/aromatic N) is 3. The number of rotatable bonds is 5. The smallest absolute Gasteiger partial charge is 0.180 e. The highest BCUT2D eigenvalue weighted by atomic mass is 32.1. The first kappa shape index (κ1) is 29.9. The predicted molar refractivity (Wildman–Crippen MR) is 221 cm³/mol. The van der Waals surface area contributed by atoms with Gasteiger partial charge in [-0.1, -0.05) is 140 Å². The summed E-state index contributed by atoms with van der Waals surface area (Å²) >= 11 is 1.79. The van der Waals surface area contributed by atoms with E-state index in [2.05, 4.69) is 162 Å². The Kier molecular flexibility index (Phi) is 6.69. The minimum atomic E-state index is 0.650. The highest BCUT2D eigenvalue weighted by Crippen LogP contribution is 2.44. The van der Waals surface area contributed by atoms with Crippen molar-refractivity contribution in [2.45, 2.75) is 0 Å². The molecule has 248 valence electrons. The lowest BCUT2D eigenvalue weighted by Gasteiger charge is -2.14. The number of furan rings is 1. The van der Waals surface area contributed by atoms with Gasteiger partial charge in [-0.3, -0.25) is 0 Å². The summed E-state index contributed by atoms with van der Waals surface area (Å²) in [5.41, 5.74) is 11.9. The fourth-order valence-corrected chi connectivity index (χ4v) is 8.96. The van der Waals surface area contributed by atoms with Crippen molar-refractivity contribution in [2.24, 2.45) is 0 Å². The zero-order valence-electron chi connectivity index (χ0n) is 28.4. The minimum absolute atomic E-state index is 0.650. The van der Waals surface area contributed by atoms with Crippen molar-refractivity contribution in [1.82, 2.24) is 14.5 Å². The molecule has 5 heteroatoms. The van der Waals surface area contributed by atoms with E-state index in [1.54, 1.807) is 11.3 Å². The van der Waals surface area contributed by atoms with Crippen LogP contribution in [-0.2, 0) is 0 Å². The summed E-state index contributed by atoms with van der Waals surface area (Å²) in [5.74, 6) is 0.650. The number of hydrogen-bond donors (Lipinski definition) is 0. The third-order valence-corrected chi connectivity index (χ3v) is 11.3. The molecule has 7 aromatic carbocycles. The Morgan fingerprint density at radius 1 is 0.472 bits per heavy atom. The Balaban J connectivity index is 1.17. The van der Waals surface area contributed by atoms with Crippen molar-refractivity contribution in [2.75, 3.05) is 0 Å². The molecule has 0 saturated carbocycles. The summed E-state index contributed by atoms with van der Waals surface area (Å²) < 4.78 is 11.5. The van der Waals surface area contributed by atoms with Crippen LogP contribution in [0.2, 0.25) is 0 Å². The van der Waals surface area contributed by atoms with Gasteiger partial charge in [0, 0.05) is 53.3 Å². The van der Waals surface area contributed by atoms with Gasteiger partial charge in [-0.05, 0) is 47.5 Å². The Bertz CT molecular complexity index is 3160. The molecular formula is C48H29N3OS. The minimum Gasteiger partial charge on any atom is -0.452 e. The molecule has 0 N–H and O–H groups in total. The van der Waals surface area contributed by atoms with Crippen molar-refractivity contribution in [3.8, 4) is 50.7 Å². The van der Waals surface area contributed by atoms with E-state index in [1.165, 1.54) is 36.7 Å². The molecule has 0 aliphatic carbocycles. The number of aromatic nitrogens is 3. The summed E-state index contributed by atoms with van der Waals surface area (Å²) in [6.45, 7) is 0. The summed E-state index contributed by atoms with van der Waals surface area (Å²) in [4.78, 5) is 10.6. The van der Waals surface area contributed by atoms with Gasteiger partial charge < -0.3 is 8.98 Å². The van der Waals surface area contributed by atoms with Crippen LogP contribution in [0.1, 0.15) is 0 Å². The van der Waals surface area contributed by atoms with Crippen molar-refractivity contribution < 1.29 is 4.42 Å². The first-order chi connectivity index (χ1) is 26.3. The van der Waals surface area contributed by atoms with Gasteiger partial charge in [-0.15, -0.1) is 11.3 Å². The maximum Gasteiger partial charge on any atom is 0.180 e. The first-order valence-corrected chi connectivity index (χ1v) is 18.6. The first-order valence-electron chi connectivity index (χ1n) is 17.7. The van der Waals surface area contributed by atoms with Crippen LogP contribution in [0.15, 0.2) is 180 Å². The van der Waals surface area contributed by atoms with Crippen LogP contribution >= 0.6 is 11.3 Å². The monoisotopic (exact) mass is 695 g/mol. The molecule has 11 rings (SSSR count). The fraction of sp³-hybridized carbons (Fsp3) is 0. The lowest BCUT2D eigenvalue weighted by molar-refractivity contribution is 0.668. The second kappa shape index (κ2) is 11.9. The average Bonchev–Trinajstić information content (AvgIpc) is 3.90. The Morgan fingerprint density at radius 2 is 1.13 bits per heavy atom. The van der Waals surface area contributed by atoms with Gasteiger partial charge in [0.2, 0.25) is 0 Å². The summed E-state index contributed by atoms with van der Waals surface area (Å²) in [5, 5.41) is 4.65. The normalized spacial score (nSPS) is 11.8. The van der Waals surface area contributed by atoms with Crippen LogP contribution in [0, 0.1) is 0 Å². The standard InChI is InChI=1S/C48H29N3OS/c1-4-15-30(16-5-1)43-36-24-10-12-25-39(36)51(46(43)32-19-8-3-9-20-32)34-22-14-21-33(27-34)48-49-44(31-17-6-2-7-18-31)47-45(50-48)38-28-37-35-23-11-13-26-41(35)53-42(37)29-40(38)52-47/h1-29H. The Labute approximate surface area is 308 Å². The molecule has 0 atom stereocenters. The molecule has 0 radical (unpaired) electrons. The molecule has 4 aromatic heterocycles. The molecule has 0 unspecified atom stereocenters. The maximum absolute atomic E-state index is 6.66. The predicted octanol–water partition coefficient (Wildman–Crippen LogP) is 13.4. The van der Waals surface area contributed by atoms with Gasteiger partial charge in [0.1, 0.15) is 16.8 Å². The van der Waals surface area contributed by atoms with Gasteiger partial charge in [-0.25, -0.2) is 9.97 Å². The number of para-hydroxylation sites is 1. The van der Waals surface area contributed by atoms with Gasteiger partial charge in [0.05, 0.1) is 11.2 Å². The lowest BCUT2D eigenvalue weighted by atomic mass is 9.98. The molecule has 0 bridgehead atoms. The van der Waals surface area contributed by atoms with Crippen LogP contribution in [-0.4, -0.2) is 14.5 Å². The van der Waals surface area contributed by atoms with E-state index in [1.807, 2.05) is 18.2 Å². The highest BCUT2D eigenvalue weighted by molar-refractivity contribution is 7.25. The van der Waals surface area contributed by atoms with Gasteiger partial charge in [0.15, 0.2) is 11.4 Å². The quantitative estimate of drug-likeness (QED) is 0.180. The molecule has 0 saturated heterocycles. The molecule has 11 aromatic rings. The van der Waals surface area contributed by atoms with E-state index < -0.39 is 0 Å². The SMILES string of the molecule is c1ccc(-c2c(-c3ccccc3)n(-c3cccc(-c4nc(-c5ccccc5)c5oc6cc7sc8ccccc8c7cc6c5n4)c3)c3ccccc23)cc1. The van der Waals surface area contributed by atoms with Crippen LogP contribution in [0.4, 0.5) is 0 Å². The largest absolute Gasteiger partial charge is 0.452 e. The van der Waals surface area contributed by atoms with E-state index in [9.17, 15) is 0 Å². The van der Waals surface area contributed by atoms with E-state index in [-0.39, 0.29) is 0 Å². The Hall–Kier alpha value is -6.82. The molecule has 0 aliphatic rings. The summed E-state index contributed by atoms with van der Waals surface area (Å²) in [6, 6.07) is 62.0. The second-order valence-electron chi connectivity index (χ2n) is 13.3. The second-order valence-corrected chi connectivity index (χ2v) is 14.4. The molecule has 0 amide bonds. The number of benzene rings is 7. The number of thiophene rings is 1. The maximum atomic E-state index is 6.66. The van der Waals surface area contributed by atoms with E-state index in [0.29, 0.717) is 11.4 Å². The number of hydrogen-bond acceptors (Lipinski definition) is 4. The topological polar surface area (TPSA) is 43.9 Å². The Morgan fingerprint density at radius 3 is 1.92 bits per heavy atom. The van der Waals surface area contributed by atoms with E-state index in [4.69, 9.17) is 14.4 Å². The summed E-state index contributed by atoms with van der Waals surface area (Å²) in [7, 11) is 0. The zero-order chi connectivity index (χ0) is 34.9. The third kappa shape index (κ3) is 4.75. The van der Waals surface area contributed by atoms with Crippen LogP contribution < -0.4 is 0 Å². The highest BCUT2D eigenvalue weighted by Gasteiger charge is 2.23. The van der Waals surface area contributed by atoms with Gasteiger partial charge in [0.25, 0.3) is 0 Å². The fourth-order valence-electron chi connectivity index (χ4n) is 7.84. The lowest BCUT2D eigenvalue weighted by Crippen LogP contribution is -1.99. The summed E-state index contributed by atoms with van der Waals surface area (Å²) in [6.07, 6.45) is 0. The molecule has 0 aliphatic heterocycles. The molecule has 53 heavy (non-hydrogen) atoms. The molecule has 4 nitrogen and oxygen atoms in total. The van der Waals surface area contributed by atoms with Crippen LogP contribution in [0.3, 0.4) is 0 Å². The van der Waals surface area contributed by atoms with Gasteiger partial charge in [-0.2, -0.15) is 0 Å². The molecule has 0 spiro atoms.